The summed E-state index contributed by atoms with van der Waals surface area (Å²) in [7, 11) is 0. The fourth-order valence-electron chi connectivity index (χ4n) is 1.41. The van der Waals surface area contributed by atoms with Crippen LogP contribution in [0.2, 0.25) is 0 Å². The quantitative estimate of drug-likeness (QED) is 0.471. The van der Waals surface area contributed by atoms with Crippen molar-refractivity contribution >= 4 is 6.21 Å². The molecule has 0 bridgehead atoms. The van der Waals surface area contributed by atoms with E-state index in [1.807, 2.05) is 36.4 Å². The maximum atomic E-state index is 8.33. The van der Waals surface area contributed by atoms with Crippen molar-refractivity contribution in [3.63, 3.8) is 0 Å². The van der Waals surface area contributed by atoms with Crippen molar-refractivity contribution in [1.29, 1.82) is 0 Å². The Kier molecular flexibility index (Phi) is 2.83. The lowest BCUT2D eigenvalue weighted by atomic mass is 10.1. The summed E-state index contributed by atoms with van der Waals surface area (Å²) < 4.78 is 5.42. The van der Waals surface area contributed by atoms with E-state index in [9.17, 15) is 0 Å². The summed E-state index contributed by atoms with van der Waals surface area (Å²) in [5.41, 5.74) is 1.19. The maximum Gasteiger partial charge on any atom is 0.148 e. The van der Waals surface area contributed by atoms with Crippen molar-refractivity contribution < 1.29 is 9.62 Å². The van der Waals surface area contributed by atoms with Crippen molar-refractivity contribution in [2.45, 2.75) is 6.42 Å². The molecular weight excluding hydrogens is 190 g/mol. The summed E-state index contributed by atoms with van der Waals surface area (Å²) in [6, 6.07) is 13.7. The topological polar surface area (TPSA) is 45.7 Å². The second-order valence-corrected chi connectivity index (χ2v) is 3.21. The highest BCUT2D eigenvalue weighted by molar-refractivity contribution is 5.75. The molecule has 2 rings (SSSR count). The lowest BCUT2D eigenvalue weighted by Gasteiger charge is -1.96. The van der Waals surface area contributed by atoms with Gasteiger partial charge in [-0.15, -0.1) is 0 Å². The normalized spacial score (nSPS) is 10.9. The molecule has 0 spiro atoms. The summed E-state index contributed by atoms with van der Waals surface area (Å²) in [4.78, 5) is 0. The van der Waals surface area contributed by atoms with E-state index in [-0.39, 0.29) is 0 Å². The minimum absolute atomic E-state index is 0.559. The number of nitrogens with zero attached hydrogens (tertiary/aromatic N) is 1. The molecule has 0 aliphatic carbocycles. The van der Waals surface area contributed by atoms with E-state index in [1.165, 1.54) is 11.8 Å². The molecule has 3 nitrogen and oxygen atoms in total. The number of oxime groups is 1. The van der Waals surface area contributed by atoms with E-state index < -0.39 is 0 Å². The smallest absolute Gasteiger partial charge is 0.148 e. The zero-order chi connectivity index (χ0) is 10.5. The first-order valence-corrected chi connectivity index (χ1v) is 4.68. The molecule has 0 aliphatic heterocycles. The zero-order valence-electron chi connectivity index (χ0n) is 8.13. The molecule has 0 aliphatic rings. The van der Waals surface area contributed by atoms with Gasteiger partial charge in [-0.05, 0) is 17.7 Å². The SMILES string of the molecule is O/N=C\c1ccc(Cc2ccccc2)o1. The van der Waals surface area contributed by atoms with Crippen molar-refractivity contribution in [2.75, 3.05) is 0 Å². The number of hydrogen-bond donors (Lipinski definition) is 1. The molecule has 0 amide bonds. The third kappa shape index (κ3) is 2.47. The Hall–Kier alpha value is -2.03. The van der Waals surface area contributed by atoms with Crippen LogP contribution in [0.3, 0.4) is 0 Å². The van der Waals surface area contributed by atoms with E-state index in [1.54, 1.807) is 6.07 Å². The molecule has 0 saturated heterocycles. The standard InChI is InChI=1S/C12H11NO2/c14-13-9-12-7-6-11(15-12)8-10-4-2-1-3-5-10/h1-7,9,14H,8H2/b13-9-. The minimum atomic E-state index is 0.559. The maximum absolute atomic E-state index is 8.33. The average molecular weight is 201 g/mol. The van der Waals surface area contributed by atoms with Crippen LogP contribution in [0.25, 0.3) is 0 Å². The van der Waals surface area contributed by atoms with Crippen molar-refractivity contribution in [1.82, 2.24) is 0 Å². The van der Waals surface area contributed by atoms with Crippen molar-refractivity contribution in [3.05, 3.63) is 59.5 Å². The highest BCUT2D eigenvalue weighted by Crippen LogP contribution is 2.11. The van der Waals surface area contributed by atoms with Crippen LogP contribution in [0.1, 0.15) is 17.1 Å². The summed E-state index contributed by atoms with van der Waals surface area (Å²) in [5, 5.41) is 11.2. The molecule has 76 valence electrons. The van der Waals surface area contributed by atoms with Crippen LogP contribution in [0.15, 0.2) is 52.0 Å². The molecule has 0 fully saturated rings. The van der Waals surface area contributed by atoms with Crippen LogP contribution in [0, 0.1) is 0 Å². The molecule has 0 atom stereocenters. The molecule has 3 heteroatoms. The van der Waals surface area contributed by atoms with Gasteiger partial charge in [0.1, 0.15) is 17.7 Å². The van der Waals surface area contributed by atoms with Crippen LogP contribution >= 0.6 is 0 Å². The molecule has 1 N–H and O–H groups in total. The van der Waals surface area contributed by atoms with Crippen LogP contribution in [0.4, 0.5) is 0 Å². The Labute approximate surface area is 87.7 Å². The molecule has 0 saturated carbocycles. The van der Waals surface area contributed by atoms with E-state index in [0.29, 0.717) is 5.76 Å². The van der Waals surface area contributed by atoms with Gasteiger partial charge in [-0.25, -0.2) is 0 Å². The Morgan fingerprint density at radius 3 is 2.67 bits per heavy atom. The largest absolute Gasteiger partial charge is 0.460 e. The molecule has 1 heterocycles. The van der Waals surface area contributed by atoms with Gasteiger partial charge in [-0.3, -0.25) is 0 Å². The third-order valence-electron chi connectivity index (χ3n) is 2.09. The van der Waals surface area contributed by atoms with Gasteiger partial charge in [-0.1, -0.05) is 35.5 Å². The van der Waals surface area contributed by atoms with E-state index in [0.717, 1.165) is 12.2 Å². The highest BCUT2D eigenvalue weighted by Gasteiger charge is 2.01. The van der Waals surface area contributed by atoms with Gasteiger partial charge in [0.25, 0.3) is 0 Å². The lowest BCUT2D eigenvalue weighted by molar-refractivity contribution is 0.320. The minimum Gasteiger partial charge on any atom is -0.460 e. The van der Waals surface area contributed by atoms with Gasteiger partial charge >= 0.3 is 0 Å². The summed E-state index contributed by atoms with van der Waals surface area (Å²) >= 11 is 0. The lowest BCUT2D eigenvalue weighted by Crippen LogP contribution is -1.84. The predicted molar refractivity (Wildman–Crippen MR) is 57.3 cm³/mol. The predicted octanol–water partition coefficient (Wildman–Crippen LogP) is 2.68. The summed E-state index contributed by atoms with van der Waals surface area (Å²) in [6.45, 7) is 0. The van der Waals surface area contributed by atoms with Crippen molar-refractivity contribution in [2.24, 2.45) is 5.16 Å². The van der Waals surface area contributed by atoms with Gasteiger partial charge < -0.3 is 9.62 Å². The number of hydrogen-bond acceptors (Lipinski definition) is 3. The monoisotopic (exact) mass is 201 g/mol. The van der Waals surface area contributed by atoms with Crippen LogP contribution in [-0.4, -0.2) is 11.4 Å². The Morgan fingerprint density at radius 2 is 1.93 bits per heavy atom. The van der Waals surface area contributed by atoms with Gasteiger partial charge in [0.05, 0.1) is 0 Å². The van der Waals surface area contributed by atoms with Crippen LogP contribution < -0.4 is 0 Å². The van der Waals surface area contributed by atoms with Crippen LogP contribution in [-0.2, 0) is 6.42 Å². The van der Waals surface area contributed by atoms with Crippen LogP contribution in [0.5, 0.6) is 0 Å². The first-order chi connectivity index (χ1) is 7.38. The third-order valence-corrected chi connectivity index (χ3v) is 2.09. The molecule has 0 unspecified atom stereocenters. The second kappa shape index (κ2) is 4.46. The zero-order valence-corrected chi connectivity index (χ0v) is 8.13. The molecule has 1 aromatic carbocycles. The molecule has 2 aromatic rings. The van der Waals surface area contributed by atoms with Gasteiger partial charge in [-0.2, -0.15) is 0 Å². The van der Waals surface area contributed by atoms with Gasteiger partial charge in [0.15, 0.2) is 0 Å². The highest BCUT2D eigenvalue weighted by atomic mass is 16.4. The Bertz CT molecular complexity index is 446. The fraction of sp³-hybridized carbons (Fsp3) is 0.0833. The van der Waals surface area contributed by atoms with Gasteiger partial charge in [0.2, 0.25) is 0 Å². The first-order valence-electron chi connectivity index (χ1n) is 4.68. The Balaban J connectivity index is 2.11. The molecule has 15 heavy (non-hydrogen) atoms. The molecule has 0 radical (unpaired) electrons. The summed E-state index contributed by atoms with van der Waals surface area (Å²) in [5.74, 6) is 1.42. The van der Waals surface area contributed by atoms with E-state index in [2.05, 4.69) is 5.16 Å². The van der Waals surface area contributed by atoms with Crippen molar-refractivity contribution in [3.8, 4) is 0 Å². The average Bonchev–Trinajstić information content (AvgIpc) is 2.68. The summed E-state index contributed by atoms with van der Waals surface area (Å²) in [6.07, 6.45) is 2.02. The molecule has 1 aromatic heterocycles. The fourth-order valence-corrected chi connectivity index (χ4v) is 1.41. The second-order valence-electron chi connectivity index (χ2n) is 3.21. The number of benzene rings is 1. The number of furan rings is 1. The van der Waals surface area contributed by atoms with E-state index in [4.69, 9.17) is 9.62 Å². The number of rotatable bonds is 3. The molecular formula is C12H11NO2. The first kappa shape index (κ1) is 9.52. The Morgan fingerprint density at radius 1 is 1.13 bits per heavy atom. The van der Waals surface area contributed by atoms with E-state index >= 15 is 0 Å². The van der Waals surface area contributed by atoms with Gasteiger partial charge in [0, 0.05) is 6.42 Å².